The molecule has 0 atom stereocenters. The summed E-state index contributed by atoms with van der Waals surface area (Å²) in [5.41, 5.74) is 1.89. The number of nitrogens with one attached hydrogen (secondary N) is 1. The van der Waals surface area contributed by atoms with E-state index in [2.05, 4.69) is 10.8 Å². The molecule has 1 aliphatic rings. The van der Waals surface area contributed by atoms with Crippen LogP contribution in [0.1, 0.15) is 31.2 Å². The summed E-state index contributed by atoms with van der Waals surface area (Å²) in [5, 5.41) is 19.3. The molecular formula is C19H19ClN2O3S. The lowest BCUT2D eigenvalue weighted by atomic mass is 9.94. The Hall–Kier alpha value is -1.91. The summed E-state index contributed by atoms with van der Waals surface area (Å²) >= 11 is 5.92. The second-order valence-corrected chi connectivity index (χ2v) is 8.60. The fraction of sp³-hybridized carbons (Fsp3) is 0.316. The van der Waals surface area contributed by atoms with Crippen LogP contribution in [0.25, 0.3) is 11.1 Å². The van der Waals surface area contributed by atoms with E-state index in [0.717, 1.165) is 5.56 Å². The first kappa shape index (κ1) is 18.9. The predicted octanol–water partition coefficient (Wildman–Crippen LogP) is 3.46. The van der Waals surface area contributed by atoms with Crippen molar-refractivity contribution in [2.24, 2.45) is 0 Å². The van der Waals surface area contributed by atoms with E-state index in [9.17, 15) is 18.8 Å². The molecule has 0 bridgehead atoms. The van der Waals surface area contributed by atoms with Gasteiger partial charge in [0.1, 0.15) is 0 Å². The number of aliphatic hydroxyl groups is 1. The minimum Gasteiger partial charge on any atom is -0.393 e. The molecule has 0 unspecified atom stereocenters. The number of nitrogens with zero attached hydrogens (tertiary/aromatic N) is 1. The summed E-state index contributed by atoms with van der Waals surface area (Å²) in [6, 6.07) is 13.4. The largest absolute Gasteiger partial charge is 0.393 e. The van der Waals surface area contributed by atoms with Crippen molar-refractivity contribution in [2.75, 3.05) is 0 Å². The second kappa shape index (κ2) is 7.77. The molecule has 1 saturated carbocycles. The van der Waals surface area contributed by atoms with Crippen molar-refractivity contribution < 1.29 is 13.5 Å². The van der Waals surface area contributed by atoms with Crippen molar-refractivity contribution in [1.82, 2.24) is 4.72 Å². The fourth-order valence-corrected chi connectivity index (χ4v) is 4.63. The Kier molecular flexibility index (Phi) is 5.64. The Morgan fingerprint density at radius 3 is 2.35 bits per heavy atom. The topological polar surface area (TPSA) is 90.2 Å². The van der Waals surface area contributed by atoms with E-state index in [1.165, 1.54) is 12.1 Å². The van der Waals surface area contributed by atoms with E-state index in [1.54, 1.807) is 30.3 Å². The smallest absolute Gasteiger partial charge is 0.240 e. The van der Waals surface area contributed by atoms with Gasteiger partial charge in [-0.05, 0) is 61.1 Å². The first-order valence-corrected chi connectivity index (χ1v) is 10.3. The number of aliphatic hydroxyl groups excluding tert-OH is 1. The molecule has 0 amide bonds. The van der Waals surface area contributed by atoms with Crippen LogP contribution in [-0.4, -0.2) is 25.7 Å². The van der Waals surface area contributed by atoms with Gasteiger partial charge in [-0.1, -0.05) is 29.8 Å². The number of hydrogen-bond acceptors (Lipinski definition) is 4. The van der Waals surface area contributed by atoms with Crippen molar-refractivity contribution in [1.29, 1.82) is 5.26 Å². The van der Waals surface area contributed by atoms with Crippen LogP contribution in [0.4, 0.5) is 0 Å². The number of benzene rings is 2. The summed E-state index contributed by atoms with van der Waals surface area (Å²) in [5.74, 6) is 0. The van der Waals surface area contributed by atoms with E-state index >= 15 is 0 Å². The minimum absolute atomic E-state index is 0.149. The molecule has 2 N–H and O–H groups in total. The van der Waals surface area contributed by atoms with Crippen LogP contribution >= 0.6 is 11.6 Å². The molecule has 136 valence electrons. The Balaban J connectivity index is 1.80. The maximum absolute atomic E-state index is 12.6. The van der Waals surface area contributed by atoms with Crippen LogP contribution in [0.15, 0.2) is 47.4 Å². The molecule has 0 aromatic heterocycles. The average molecular weight is 391 g/mol. The van der Waals surface area contributed by atoms with Gasteiger partial charge in [-0.15, -0.1) is 0 Å². The number of sulfonamides is 1. The molecule has 1 fully saturated rings. The zero-order valence-corrected chi connectivity index (χ0v) is 15.6. The highest BCUT2D eigenvalue weighted by Gasteiger charge is 2.24. The first-order valence-electron chi connectivity index (χ1n) is 8.39. The lowest BCUT2D eigenvalue weighted by molar-refractivity contribution is 0.120. The van der Waals surface area contributed by atoms with Gasteiger partial charge < -0.3 is 5.11 Å². The molecule has 0 saturated heterocycles. The molecule has 1 aliphatic carbocycles. The van der Waals surface area contributed by atoms with Crippen LogP contribution in [0.3, 0.4) is 0 Å². The van der Waals surface area contributed by atoms with Gasteiger partial charge in [-0.3, -0.25) is 0 Å². The Morgan fingerprint density at radius 2 is 1.73 bits per heavy atom. The highest BCUT2D eigenvalue weighted by molar-refractivity contribution is 7.89. The van der Waals surface area contributed by atoms with Gasteiger partial charge in [-0.2, -0.15) is 5.26 Å². The number of nitriles is 1. The third kappa shape index (κ3) is 4.25. The van der Waals surface area contributed by atoms with Crippen LogP contribution < -0.4 is 4.72 Å². The molecule has 2 aromatic rings. The molecule has 0 radical (unpaired) electrons. The van der Waals surface area contributed by atoms with Crippen LogP contribution in [0.2, 0.25) is 5.02 Å². The standard InChI is InChI=1S/C19H19ClN2O3S/c20-15-3-10-19(14(11-15)12-21)13-1-8-18(9-2-13)26(24,25)22-16-4-6-17(23)7-5-16/h1-3,8-11,16-17,22-23H,4-7H2. The molecule has 0 spiro atoms. The third-order valence-electron chi connectivity index (χ3n) is 4.60. The number of hydrogen-bond donors (Lipinski definition) is 2. The van der Waals surface area contributed by atoms with Crippen LogP contribution in [0, 0.1) is 11.3 Å². The monoisotopic (exact) mass is 390 g/mol. The summed E-state index contributed by atoms with van der Waals surface area (Å²) in [7, 11) is -3.62. The van der Waals surface area contributed by atoms with E-state index < -0.39 is 10.0 Å². The van der Waals surface area contributed by atoms with E-state index in [0.29, 0.717) is 41.8 Å². The number of halogens is 1. The molecule has 2 aromatic carbocycles. The van der Waals surface area contributed by atoms with Gasteiger partial charge in [0, 0.05) is 11.1 Å². The van der Waals surface area contributed by atoms with Gasteiger partial charge >= 0.3 is 0 Å². The molecule has 7 heteroatoms. The van der Waals surface area contributed by atoms with Gasteiger partial charge in [0.25, 0.3) is 0 Å². The van der Waals surface area contributed by atoms with Crippen molar-refractivity contribution in [3.63, 3.8) is 0 Å². The molecule has 0 heterocycles. The Morgan fingerprint density at radius 1 is 1.08 bits per heavy atom. The normalized spacial score (nSPS) is 20.5. The highest BCUT2D eigenvalue weighted by atomic mass is 35.5. The molecule has 0 aliphatic heterocycles. The maximum Gasteiger partial charge on any atom is 0.240 e. The third-order valence-corrected chi connectivity index (χ3v) is 6.37. The summed E-state index contributed by atoms with van der Waals surface area (Å²) in [6.45, 7) is 0. The highest BCUT2D eigenvalue weighted by Crippen LogP contribution is 2.27. The van der Waals surface area contributed by atoms with Crippen molar-refractivity contribution >= 4 is 21.6 Å². The Bertz CT molecular complexity index is 928. The second-order valence-electron chi connectivity index (χ2n) is 6.45. The van der Waals surface area contributed by atoms with Crippen LogP contribution in [-0.2, 0) is 10.0 Å². The van der Waals surface area contributed by atoms with Crippen molar-refractivity contribution in [2.45, 2.75) is 42.7 Å². The van der Waals surface area contributed by atoms with E-state index in [4.69, 9.17) is 11.6 Å². The predicted molar refractivity (Wildman–Crippen MR) is 100 cm³/mol. The molecule has 3 rings (SSSR count). The van der Waals surface area contributed by atoms with Gasteiger partial charge in [-0.25, -0.2) is 13.1 Å². The summed E-state index contributed by atoms with van der Waals surface area (Å²) in [6.07, 6.45) is 2.16. The lowest BCUT2D eigenvalue weighted by Gasteiger charge is -2.26. The fourth-order valence-electron chi connectivity index (χ4n) is 3.16. The van der Waals surface area contributed by atoms with E-state index in [1.807, 2.05) is 0 Å². The summed E-state index contributed by atoms with van der Waals surface area (Å²) < 4.78 is 27.8. The van der Waals surface area contributed by atoms with E-state index in [-0.39, 0.29) is 17.0 Å². The molecular weight excluding hydrogens is 372 g/mol. The molecule has 5 nitrogen and oxygen atoms in total. The average Bonchev–Trinajstić information content (AvgIpc) is 2.63. The van der Waals surface area contributed by atoms with Crippen LogP contribution in [0.5, 0.6) is 0 Å². The Labute approximate surface area is 158 Å². The maximum atomic E-state index is 12.6. The molecule has 26 heavy (non-hydrogen) atoms. The van der Waals surface area contributed by atoms with Gasteiger partial charge in [0.2, 0.25) is 10.0 Å². The lowest BCUT2D eigenvalue weighted by Crippen LogP contribution is -2.38. The number of rotatable bonds is 4. The van der Waals surface area contributed by atoms with Gasteiger partial charge in [0.05, 0.1) is 22.6 Å². The summed E-state index contributed by atoms with van der Waals surface area (Å²) in [4.78, 5) is 0.180. The van der Waals surface area contributed by atoms with Gasteiger partial charge in [0.15, 0.2) is 0 Å². The van der Waals surface area contributed by atoms with Crippen molar-refractivity contribution in [3.8, 4) is 17.2 Å². The van der Waals surface area contributed by atoms with Crippen molar-refractivity contribution in [3.05, 3.63) is 53.1 Å². The SMILES string of the molecule is N#Cc1cc(Cl)ccc1-c1ccc(S(=O)(=O)NC2CCC(O)CC2)cc1. The zero-order valence-electron chi connectivity index (χ0n) is 14.0. The minimum atomic E-state index is -3.62. The zero-order chi connectivity index (χ0) is 18.7. The quantitative estimate of drug-likeness (QED) is 0.836. The first-order chi connectivity index (χ1) is 12.4.